The summed E-state index contributed by atoms with van der Waals surface area (Å²) in [5.74, 6) is 3.48. The average molecular weight is 557 g/mol. The number of aliphatic imine (C=N–C) groups is 1. The molecule has 3 rings (SSSR count). The highest BCUT2D eigenvalue weighted by molar-refractivity contribution is 14.0. The summed E-state index contributed by atoms with van der Waals surface area (Å²) in [7, 11) is 6.55. The topological polar surface area (TPSA) is 89.5 Å². The number of nitrogens with zero attached hydrogens (tertiary/aromatic N) is 3. The molecule has 176 valence electrons. The van der Waals surface area contributed by atoms with Gasteiger partial charge in [-0.1, -0.05) is 6.07 Å². The first-order valence-electron chi connectivity index (χ1n) is 10.2. The van der Waals surface area contributed by atoms with Crippen LogP contribution in [0.5, 0.6) is 17.2 Å². The molecule has 32 heavy (non-hydrogen) atoms. The van der Waals surface area contributed by atoms with Gasteiger partial charge in [0.05, 0.1) is 34.5 Å². The maximum atomic E-state index is 5.46. The molecular weight excluding hydrogens is 525 g/mol. The van der Waals surface area contributed by atoms with E-state index in [0.717, 1.165) is 43.2 Å². The van der Waals surface area contributed by atoms with Crippen molar-refractivity contribution in [2.24, 2.45) is 4.99 Å². The van der Waals surface area contributed by atoms with Gasteiger partial charge in [0.15, 0.2) is 17.5 Å². The van der Waals surface area contributed by atoms with Crippen molar-refractivity contribution in [2.45, 2.75) is 13.1 Å². The number of ether oxygens (including phenoxy) is 4. The minimum Gasteiger partial charge on any atom is -0.493 e. The third-order valence-corrected chi connectivity index (χ3v) is 5.03. The molecule has 0 radical (unpaired) electrons. The molecule has 9 nitrogen and oxygen atoms in total. The molecule has 1 saturated heterocycles. The summed E-state index contributed by atoms with van der Waals surface area (Å²) in [6.07, 6.45) is 1.83. The van der Waals surface area contributed by atoms with Gasteiger partial charge in [0.1, 0.15) is 5.82 Å². The number of hydrogen-bond acceptors (Lipinski definition) is 7. The van der Waals surface area contributed by atoms with Crippen LogP contribution in [-0.2, 0) is 17.8 Å². The van der Waals surface area contributed by atoms with E-state index in [0.29, 0.717) is 36.3 Å². The molecule has 0 amide bonds. The second kappa shape index (κ2) is 13.2. The molecule has 2 heterocycles. The minimum atomic E-state index is 0. The number of anilines is 1. The first kappa shape index (κ1) is 25.8. The predicted octanol–water partition coefficient (Wildman–Crippen LogP) is 2.43. The summed E-state index contributed by atoms with van der Waals surface area (Å²) in [6.45, 7) is 4.29. The van der Waals surface area contributed by atoms with Crippen LogP contribution >= 0.6 is 24.0 Å². The van der Waals surface area contributed by atoms with Crippen molar-refractivity contribution in [3.05, 3.63) is 41.6 Å². The monoisotopic (exact) mass is 557 g/mol. The fourth-order valence-corrected chi connectivity index (χ4v) is 3.45. The normalized spacial score (nSPS) is 13.8. The van der Waals surface area contributed by atoms with Gasteiger partial charge in [-0.3, -0.25) is 4.99 Å². The molecule has 0 atom stereocenters. The molecule has 1 aromatic carbocycles. The number of rotatable bonds is 8. The highest BCUT2D eigenvalue weighted by Gasteiger charge is 2.16. The molecule has 10 heteroatoms. The van der Waals surface area contributed by atoms with Crippen molar-refractivity contribution >= 4 is 35.8 Å². The van der Waals surface area contributed by atoms with Crippen molar-refractivity contribution < 1.29 is 18.9 Å². The molecule has 2 N–H and O–H groups in total. The van der Waals surface area contributed by atoms with Gasteiger partial charge in [-0.25, -0.2) is 4.98 Å². The summed E-state index contributed by atoms with van der Waals surface area (Å²) in [6, 6.07) is 7.86. The van der Waals surface area contributed by atoms with Crippen molar-refractivity contribution in [2.75, 3.05) is 59.6 Å². The molecule has 0 aliphatic carbocycles. The van der Waals surface area contributed by atoms with Crippen LogP contribution in [0.2, 0.25) is 0 Å². The molecule has 1 fully saturated rings. The fourth-order valence-electron chi connectivity index (χ4n) is 3.45. The number of pyridine rings is 1. The Balaban J connectivity index is 0.00000363. The summed E-state index contributed by atoms with van der Waals surface area (Å²) in [5, 5.41) is 6.70. The van der Waals surface area contributed by atoms with E-state index >= 15 is 0 Å². The van der Waals surface area contributed by atoms with Crippen LogP contribution in [0.3, 0.4) is 0 Å². The molecule has 1 aliphatic rings. The number of guanidine groups is 1. The van der Waals surface area contributed by atoms with Crippen LogP contribution < -0.4 is 29.7 Å². The number of nitrogens with one attached hydrogen (secondary N) is 2. The number of halogens is 1. The lowest BCUT2D eigenvalue weighted by Crippen LogP contribution is -2.39. The van der Waals surface area contributed by atoms with Crippen LogP contribution in [0.25, 0.3) is 0 Å². The predicted molar refractivity (Wildman–Crippen MR) is 136 cm³/mol. The molecule has 0 spiro atoms. The third kappa shape index (κ3) is 6.52. The molecule has 1 aromatic heterocycles. The lowest BCUT2D eigenvalue weighted by molar-refractivity contribution is 0.122. The summed E-state index contributed by atoms with van der Waals surface area (Å²) in [4.78, 5) is 11.2. The zero-order valence-electron chi connectivity index (χ0n) is 19.0. The third-order valence-electron chi connectivity index (χ3n) is 5.03. The first-order chi connectivity index (χ1) is 15.2. The molecule has 0 saturated carbocycles. The standard InChI is InChI=1S/C22H31N5O4.HI/c1-23-22(25-14-16-12-18(28-2)20(30-4)19(13-16)29-3)26-15-17-6-5-7-24-21(17)27-8-10-31-11-9-27;/h5-7,12-13H,8-11,14-15H2,1-4H3,(H2,23,25,26);1H. The second-order valence-corrected chi connectivity index (χ2v) is 6.90. The zero-order valence-corrected chi connectivity index (χ0v) is 21.3. The van der Waals surface area contributed by atoms with E-state index in [-0.39, 0.29) is 24.0 Å². The lowest BCUT2D eigenvalue weighted by Gasteiger charge is -2.29. The van der Waals surface area contributed by atoms with Gasteiger partial charge in [0.2, 0.25) is 5.75 Å². The van der Waals surface area contributed by atoms with E-state index in [1.165, 1.54) is 0 Å². The Morgan fingerprint density at radius 1 is 1.06 bits per heavy atom. The van der Waals surface area contributed by atoms with Crippen molar-refractivity contribution in [3.8, 4) is 17.2 Å². The summed E-state index contributed by atoms with van der Waals surface area (Å²) < 4.78 is 21.7. The lowest BCUT2D eigenvalue weighted by atomic mass is 10.2. The Hall–Kier alpha value is -2.47. The van der Waals surface area contributed by atoms with E-state index in [2.05, 4.69) is 31.6 Å². The van der Waals surface area contributed by atoms with E-state index in [1.54, 1.807) is 28.4 Å². The van der Waals surface area contributed by atoms with E-state index in [9.17, 15) is 0 Å². The summed E-state index contributed by atoms with van der Waals surface area (Å²) in [5.41, 5.74) is 2.09. The minimum absolute atomic E-state index is 0. The smallest absolute Gasteiger partial charge is 0.203 e. The van der Waals surface area contributed by atoms with Crippen molar-refractivity contribution in [1.82, 2.24) is 15.6 Å². The maximum Gasteiger partial charge on any atom is 0.203 e. The largest absolute Gasteiger partial charge is 0.493 e. The van der Waals surface area contributed by atoms with Crippen LogP contribution in [0.4, 0.5) is 5.82 Å². The van der Waals surface area contributed by atoms with E-state index < -0.39 is 0 Å². The van der Waals surface area contributed by atoms with Gasteiger partial charge >= 0.3 is 0 Å². The number of methoxy groups -OCH3 is 3. The average Bonchev–Trinajstić information content (AvgIpc) is 2.84. The van der Waals surface area contributed by atoms with Gasteiger partial charge in [0, 0.05) is 45.0 Å². The first-order valence-corrected chi connectivity index (χ1v) is 10.2. The van der Waals surface area contributed by atoms with Gasteiger partial charge < -0.3 is 34.5 Å². The quantitative estimate of drug-likeness (QED) is 0.291. The molecule has 0 unspecified atom stereocenters. The Morgan fingerprint density at radius 3 is 2.31 bits per heavy atom. The summed E-state index contributed by atoms with van der Waals surface area (Å²) >= 11 is 0. The van der Waals surface area contributed by atoms with Crippen LogP contribution in [-0.4, -0.2) is 65.6 Å². The Bertz CT molecular complexity index is 865. The Morgan fingerprint density at radius 2 is 1.72 bits per heavy atom. The van der Waals surface area contributed by atoms with Gasteiger partial charge in [0.25, 0.3) is 0 Å². The molecule has 1 aliphatic heterocycles. The van der Waals surface area contributed by atoms with Crippen LogP contribution in [0, 0.1) is 0 Å². The highest BCUT2D eigenvalue weighted by atomic mass is 127. The fraction of sp³-hybridized carbons (Fsp3) is 0.455. The van der Waals surface area contributed by atoms with Crippen molar-refractivity contribution in [3.63, 3.8) is 0 Å². The van der Waals surface area contributed by atoms with E-state index in [4.69, 9.17) is 18.9 Å². The Labute approximate surface area is 206 Å². The molecule has 2 aromatic rings. The number of aromatic nitrogens is 1. The van der Waals surface area contributed by atoms with Gasteiger partial charge in [-0.2, -0.15) is 0 Å². The van der Waals surface area contributed by atoms with Crippen LogP contribution in [0.1, 0.15) is 11.1 Å². The number of hydrogen-bond donors (Lipinski definition) is 2. The van der Waals surface area contributed by atoms with Gasteiger partial charge in [-0.05, 0) is 23.8 Å². The van der Waals surface area contributed by atoms with Gasteiger partial charge in [-0.15, -0.1) is 24.0 Å². The molecular formula is C22H32IN5O4. The second-order valence-electron chi connectivity index (χ2n) is 6.90. The van der Waals surface area contributed by atoms with E-state index in [1.807, 2.05) is 24.4 Å². The van der Waals surface area contributed by atoms with Crippen LogP contribution in [0.15, 0.2) is 35.5 Å². The number of benzene rings is 1. The highest BCUT2D eigenvalue weighted by Crippen LogP contribution is 2.38. The zero-order chi connectivity index (χ0) is 22.1. The Kier molecular flexibility index (Phi) is 10.6. The maximum absolute atomic E-state index is 5.46. The molecule has 0 bridgehead atoms. The number of morpholine rings is 1. The van der Waals surface area contributed by atoms with Crippen molar-refractivity contribution in [1.29, 1.82) is 0 Å². The SMILES string of the molecule is CN=C(NCc1cc(OC)c(OC)c(OC)c1)NCc1cccnc1N1CCOCC1.I.